The molecule has 3 rings (SSSR count). The van der Waals surface area contributed by atoms with Crippen LogP contribution in [0, 0.1) is 0 Å². The van der Waals surface area contributed by atoms with Crippen LogP contribution in [0.15, 0.2) is 48.5 Å². The van der Waals surface area contributed by atoms with Crippen molar-refractivity contribution in [2.45, 2.75) is 38.6 Å². The second-order valence-electron chi connectivity index (χ2n) is 5.80. The van der Waals surface area contributed by atoms with Crippen LogP contribution in [0.1, 0.15) is 49.8 Å². The Kier molecular flexibility index (Phi) is 3.88. The van der Waals surface area contributed by atoms with Crippen LogP contribution in [0.2, 0.25) is 0 Å². The molecule has 0 saturated carbocycles. The van der Waals surface area contributed by atoms with E-state index in [1.807, 2.05) is 0 Å². The van der Waals surface area contributed by atoms with Crippen molar-refractivity contribution in [2.24, 2.45) is 0 Å². The molecule has 0 saturated heterocycles. The second-order valence-corrected chi connectivity index (χ2v) is 5.80. The summed E-state index contributed by atoms with van der Waals surface area (Å²) in [6, 6.07) is 18.2. The molecule has 20 heavy (non-hydrogen) atoms. The molecule has 1 N–H and O–H groups in total. The summed E-state index contributed by atoms with van der Waals surface area (Å²) >= 11 is 0. The van der Waals surface area contributed by atoms with Gasteiger partial charge in [-0.2, -0.15) is 0 Å². The summed E-state index contributed by atoms with van der Waals surface area (Å²) in [5.41, 5.74) is 5.68. The first kappa shape index (κ1) is 13.4. The maximum Gasteiger partial charge on any atom is 0.0323 e. The maximum atomic E-state index is 3.64. The van der Waals surface area contributed by atoms with Crippen LogP contribution in [-0.4, -0.2) is 6.54 Å². The molecule has 1 aliphatic rings. The van der Waals surface area contributed by atoms with E-state index in [9.17, 15) is 0 Å². The quantitative estimate of drug-likeness (QED) is 0.832. The third-order valence-electron chi connectivity index (χ3n) is 4.44. The monoisotopic (exact) mass is 265 g/mol. The minimum atomic E-state index is 0.523. The van der Waals surface area contributed by atoms with Crippen LogP contribution in [0.4, 0.5) is 0 Å². The first-order chi connectivity index (χ1) is 9.79. The fourth-order valence-corrected chi connectivity index (χ4v) is 3.32. The molecule has 0 aliphatic heterocycles. The van der Waals surface area contributed by atoms with Crippen molar-refractivity contribution < 1.29 is 0 Å². The van der Waals surface area contributed by atoms with Gasteiger partial charge < -0.3 is 5.32 Å². The van der Waals surface area contributed by atoms with Gasteiger partial charge in [0.25, 0.3) is 0 Å². The number of fused-ring (bicyclic) bond motifs is 1. The van der Waals surface area contributed by atoms with Gasteiger partial charge in [-0.25, -0.2) is 0 Å². The average Bonchev–Trinajstić information content (AvgIpc) is 2.51. The zero-order valence-corrected chi connectivity index (χ0v) is 12.4. The van der Waals surface area contributed by atoms with Crippen LogP contribution < -0.4 is 5.32 Å². The van der Waals surface area contributed by atoms with Crippen LogP contribution in [-0.2, 0) is 0 Å². The van der Waals surface area contributed by atoms with Crippen molar-refractivity contribution in [3.05, 3.63) is 59.7 Å². The molecular formula is C19H23N. The van der Waals surface area contributed by atoms with E-state index >= 15 is 0 Å². The number of benzene rings is 2. The lowest BCUT2D eigenvalue weighted by atomic mass is 9.80. The Morgan fingerprint density at radius 1 is 0.950 bits per heavy atom. The Balaban J connectivity index is 2.03. The lowest BCUT2D eigenvalue weighted by Crippen LogP contribution is -2.26. The Labute approximate surface area is 122 Å². The summed E-state index contributed by atoms with van der Waals surface area (Å²) in [6.45, 7) is 5.58. The van der Waals surface area contributed by atoms with Gasteiger partial charge in [-0.05, 0) is 53.6 Å². The zero-order chi connectivity index (χ0) is 13.9. The molecule has 0 fully saturated rings. The van der Waals surface area contributed by atoms with E-state index in [1.54, 1.807) is 0 Å². The predicted octanol–water partition coefficient (Wildman–Crippen LogP) is 4.90. The van der Waals surface area contributed by atoms with Crippen molar-refractivity contribution in [1.29, 1.82) is 0 Å². The fraction of sp³-hybridized carbons (Fsp3) is 0.368. The van der Waals surface area contributed by atoms with E-state index in [0.717, 1.165) is 6.54 Å². The molecule has 2 aromatic rings. The number of rotatable bonds is 3. The molecule has 104 valence electrons. The van der Waals surface area contributed by atoms with E-state index in [0.29, 0.717) is 12.0 Å². The fourth-order valence-electron chi connectivity index (χ4n) is 3.32. The van der Waals surface area contributed by atoms with Crippen LogP contribution in [0.5, 0.6) is 0 Å². The molecule has 2 unspecified atom stereocenters. The van der Waals surface area contributed by atoms with Gasteiger partial charge in [-0.15, -0.1) is 0 Å². The summed E-state index contributed by atoms with van der Waals surface area (Å²) < 4.78 is 0. The first-order valence-corrected chi connectivity index (χ1v) is 7.72. The van der Waals surface area contributed by atoms with Gasteiger partial charge in [0.05, 0.1) is 0 Å². The lowest BCUT2D eigenvalue weighted by Gasteiger charge is -2.31. The Hall–Kier alpha value is -1.60. The number of hydrogen-bond acceptors (Lipinski definition) is 1. The summed E-state index contributed by atoms with van der Waals surface area (Å²) in [7, 11) is 0. The summed E-state index contributed by atoms with van der Waals surface area (Å²) in [4.78, 5) is 0. The molecule has 1 aliphatic carbocycles. The third kappa shape index (κ3) is 2.51. The van der Waals surface area contributed by atoms with E-state index in [4.69, 9.17) is 0 Å². The van der Waals surface area contributed by atoms with Gasteiger partial charge in [-0.3, -0.25) is 0 Å². The van der Waals surface area contributed by atoms with E-state index in [1.165, 1.54) is 35.1 Å². The van der Waals surface area contributed by atoms with Crippen LogP contribution in [0.3, 0.4) is 0 Å². The topological polar surface area (TPSA) is 12.0 Å². The van der Waals surface area contributed by atoms with Crippen molar-refractivity contribution >= 4 is 0 Å². The van der Waals surface area contributed by atoms with E-state index < -0.39 is 0 Å². The highest BCUT2D eigenvalue weighted by Crippen LogP contribution is 2.39. The Morgan fingerprint density at radius 3 is 2.50 bits per heavy atom. The van der Waals surface area contributed by atoms with Gasteiger partial charge in [-0.1, -0.05) is 56.3 Å². The van der Waals surface area contributed by atoms with Gasteiger partial charge in [0.2, 0.25) is 0 Å². The molecule has 0 heterocycles. The molecule has 0 radical (unpaired) electrons. The normalized spacial score (nSPS) is 21.5. The molecule has 0 aromatic heterocycles. The van der Waals surface area contributed by atoms with Gasteiger partial charge >= 0.3 is 0 Å². The molecular weight excluding hydrogens is 242 g/mol. The third-order valence-corrected chi connectivity index (χ3v) is 4.44. The summed E-state index contributed by atoms with van der Waals surface area (Å²) in [5, 5.41) is 3.64. The molecule has 0 bridgehead atoms. The average molecular weight is 265 g/mol. The lowest BCUT2D eigenvalue weighted by molar-refractivity contribution is 0.441. The van der Waals surface area contributed by atoms with Crippen LogP contribution >= 0.6 is 0 Å². The van der Waals surface area contributed by atoms with Gasteiger partial charge in [0, 0.05) is 6.04 Å². The minimum Gasteiger partial charge on any atom is -0.310 e. The largest absolute Gasteiger partial charge is 0.310 e. The highest BCUT2D eigenvalue weighted by molar-refractivity contribution is 5.65. The van der Waals surface area contributed by atoms with Gasteiger partial charge in [0.1, 0.15) is 0 Å². The van der Waals surface area contributed by atoms with Gasteiger partial charge in [0.15, 0.2) is 0 Å². The highest BCUT2D eigenvalue weighted by Gasteiger charge is 2.24. The van der Waals surface area contributed by atoms with E-state index in [2.05, 4.69) is 67.7 Å². The standard InChI is InChI=1S/C19H23N/c1-3-20-19-12-9-14(2)17-11-10-16(13-18(17)19)15-7-5-4-6-8-15/h4-8,10-11,13-14,19-20H,3,9,12H2,1-2H3. The number of nitrogens with one attached hydrogen (secondary N) is 1. The number of hydrogen-bond donors (Lipinski definition) is 1. The SMILES string of the molecule is CCNC1CCC(C)c2ccc(-c3ccccc3)cc21. The van der Waals surface area contributed by atoms with Crippen LogP contribution in [0.25, 0.3) is 11.1 Å². The molecule has 2 atom stereocenters. The highest BCUT2D eigenvalue weighted by atomic mass is 14.9. The van der Waals surface area contributed by atoms with Crippen molar-refractivity contribution in [2.75, 3.05) is 6.54 Å². The second kappa shape index (κ2) is 5.80. The maximum absolute atomic E-state index is 3.64. The minimum absolute atomic E-state index is 0.523. The first-order valence-electron chi connectivity index (χ1n) is 7.72. The summed E-state index contributed by atoms with van der Waals surface area (Å²) in [5.74, 6) is 0.685. The molecule has 1 nitrogen and oxygen atoms in total. The summed E-state index contributed by atoms with van der Waals surface area (Å²) in [6.07, 6.45) is 2.54. The molecule has 2 aromatic carbocycles. The predicted molar refractivity (Wildman–Crippen MR) is 85.9 cm³/mol. The van der Waals surface area contributed by atoms with Crippen molar-refractivity contribution in [1.82, 2.24) is 5.32 Å². The Morgan fingerprint density at radius 2 is 1.75 bits per heavy atom. The van der Waals surface area contributed by atoms with E-state index in [-0.39, 0.29) is 0 Å². The molecule has 1 heteroatoms. The molecule has 0 spiro atoms. The Bertz CT molecular complexity index is 574. The molecule has 0 amide bonds. The zero-order valence-electron chi connectivity index (χ0n) is 12.4. The van der Waals surface area contributed by atoms with Crippen molar-refractivity contribution in [3.8, 4) is 11.1 Å². The smallest absolute Gasteiger partial charge is 0.0323 e. The van der Waals surface area contributed by atoms with Crippen molar-refractivity contribution in [3.63, 3.8) is 0 Å².